The van der Waals surface area contributed by atoms with Crippen molar-refractivity contribution in [3.63, 3.8) is 0 Å². The Balaban J connectivity index is 1.73. The molecule has 18 heavy (non-hydrogen) atoms. The van der Waals surface area contributed by atoms with E-state index >= 15 is 0 Å². The van der Waals surface area contributed by atoms with Gasteiger partial charge >= 0.3 is 10.4 Å². The van der Waals surface area contributed by atoms with E-state index in [1.165, 1.54) is 5.56 Å². The first-order valence-electron chi connectivity index (χ1n) is 6.13. The molecule has 1 fully saturated rings. The summed E-state index contributed by atoms with van der Waals surface area (Å²) in [5.41, 5.74) is 0.620. The lowest BCUT2D eigenvalue weighted by atomic mass is 9.98. The molecule has 0 spiro atoms. The summed E-state index contributed by atoms with van der Waals surface area (Å²) in [5.74, 6) is 0. The third-order valence-corrected chi connectivity index (χ3v) is 4.09. The maximum atomic E-state index is 11.1. The molecule has 1 saturated heterocycles. The van der Waals surface area contributed by atoms with Crippen molar-refractivity contribution in [1.29, 1.82) is 0 Å². The number of benzene rings is 1. The van der Waals surface area contributed by atoms with Gasteiger partial charge in [-0.05, 0) is 31.7 Å². The predicted molar refractivity (Wildman–Crippen MR) is 68.4 cm³/mol. The molecule has 0 N–H and O–H groups in total. The first-order chi connectivity index (χ1) is 8.49. The minimum absolute atomic E-state index is 0.126. The summed E-state index contributed by atoms with van der Waals surface area (Å²) in [6, 6.07) is 10.2. The summed E-state index contributed by atoms with van der Waals surface area (Å²) in [6.45, 7) is 1.90. The fraction of sp³-hybridized carbons (Fsp3) is 0.538. The van der Waals surface area contributed by atoms with Crippen LogP contribution >= 0.6 is 0 Å². The van der Waals surface area contributed by atoms with Crippen LogP contribution in [0.4, 0.5) is 0 Å². The fourth-order valence-electron chi connectivity index (χ4n) is 2.08. The summed E-state index contributed by atoms with van der Waals surface area (Å²) in [5, 5.41) is 0. The molecule has 1 atom stereocenters. The van der Waals surface area contributed by atoms with Crippen molar-refractivity contribution in [3.05, 3.63) is 35.9 Å². The van der Waals surface area contributed by atoms with Crippen molar-refractivity contribution in [3.8, 4) is 0 Å². The molecular weight excluding hydrogens is 252 g/mol. The minimum atomic E-state index is -3.74. The van der Waals surface area contributed by atoms with Gasteiger partial charge in [-0.2, -0.15) is 8.42 Å². The molecule has 0 saturated carbocycles. The molecule has 1 aliphatic rings. The Morgan fingerprint density at radius 3 is 2.56 bits per heavy atom. The SMILES string of the molecule is CC1(CCCCc2ccccc2)COS(=O)(=O)O1. The van der Waals surface area contributed by atoms with Gasteiger partial charge in [-0.3, -0.25) is 0 Å². The van der Waals surface area contributed by atoms with Gasteiger partial charge in [-0.25, -0.2) is 8.37 Å². The third kappa shape index (κ3) is 3.80. The van der Waals surface area contributed by atoms with Crippen LogP contribution in [0.5, 0.6) is 0 Å². The molecule has 0 aromatic heterocycles. The van der Waals surface area contributed by atoms with E-state index in [0.717, 1.165) is 19.3 Å². The van der Waals surface area contributed by atoms with Gasteiger partial charge in [0, 0.05) is 0 Å². The lowest BCUT2D eigenvalue weighted by molar-refractivity contribution is 0.103. The lowest BCUT2D eigenvalue weighted by Crippen LogP contribution is -2.27. The minimum Gasteiger partial charge on any atom is -0.245 e. The van der Waals surface area contributed by atoms with Gasteiger partial charge < -0.3 is 0 Å². The van der Waals surface area contributed by atoms with Crippen LogP contribution in [0.25, 0.3) is 0 Å². The van der Waals surface area contributed by atoms with Crippen LogP contribution < -0.4 is 0 Å². The highest BCUT2D eigenvalue weighted by Gasteiger charge is 2.40. The second-order valence-electron chi connectivity index (χ2n) is 4.90. The Hall–Kier alpha value is -0.910. The molecule has 0 amide bonds. The van der Waals surface area contributed by atoms with Crippen LogP contribution in [0, 0.1) is 0 Å². The average Bonchev–Trinajstić information content (AvgIpc) is 2.61. The van der Waals surface area contributed by atoms with Crippen molar-refractivity contribution >= 4 is 10.4 Å². The molecule has 1 aromatic rings. The Bertz CT molecular complexity index is 483. The van der Waals surface area contributed by atoms with Crippen LogP contribution in [0.1, 0.15) is 31.7 Å². The second-order valence-corrected chi connectivity index (χ2v) is 6.12. The topological polar surface area (TPSA) is 52.6 Å². The van der Waals surface area contributed by atoms with Crippen molar-refractivity contribution < 1.29 is 16.8 Å². The molecule has 2 rings (SSSR count). The van der Waals surface area contributed by atoms with E-state index in [1.54, 1.807) is 6.92 Å². The zero-order valence-electron chi connectivity index (χ0n) is 10.5. The molecule has 0 radical (unpaired) electrons. The van der Waals surface area contributed by atoms with Crippen molar-refractivity contribution in [2.45, 2.75) is 38.2 Å². The molecule has 1 unspecified atom stereocenters. The number of hydrogen-bond donors (Lipinski definition) is 0. The maximum Gasteiger partial charge on any atom is 0.400 e. The average molecular weight is 270 g/mol. The highest BCUT2D eigenvalue weighted by Crippen LogP contribution is 2.29. The van der Waals surface area contributed by atoms with Crippen LogP contribution in [-0.4, -0.2) is 20.6 Å². The smallest absolute Gasteiger partial charge is 0.245 e. The molecule has 0 bridgehead atoms. The molecular formula is C13H18O4S. The lowest BCUT2D eigenvalue weighted by Gasteiger charge is -2.18. The molecule has 1 heterocycles. The highest BCUT2D eigenvalue weighted by molar-refractivity contribution is 7.82. The van der Waals surface area contributed by atoms with Crippen LogP contribution in [0.15, 0.2) is 30.3 Å². The number of aryl methyl sites for hydroxylation is 1. The first kappa shape index (κ1) is 13.5. The Morgan fingerprint density at radius 1 is 1.22 bits per heavy atom. The number of hydrogen-bond acceptors (Lipinski definition) is 4. The van der Waals surface area contributed by atoms with E-state index in [0.29, 0.717) is 6.42 Å². The Kier molecular flexibility index (Phi) is 4.04. The third-order valence-electron chi connectivity index (χ3n) is 3.08. The summed E-state index contributed by atoms with van der Waals surface area (Å²) in [6.07, 6.45) is 3.64. The van der Waals surface area contributed by atoms with E-state index < -0.39 is 16.0 Å². The van der Waals surface area contributed by atoms with Gasteiger partial charge in [-0.1, -0.05) is 36.8 Å². The van der Waals surface area contributed by atoms with Crippen molar-refractivity contribution in [2.24, 2.45) is 0 Å². The molecule has 0 aliphatic carbocycles. The summed E-state index contributed by atoms with van der Waals surface area (Å²) >= 11 is 0. The summed E-state index contributed by atoms with van der Waals surface area (Å²) in [4.78, 5) is 0. The zero-order valence-corrected chi connectivity index (χ0v) is 11.3. The van der Waals surface area contributed by atoms with Crippen molar-refractivity contribution in [2.75, 3.05) is 6.61 Å². The fourth-order valence-corrected chi connectivity index (χ4v) is 3.14. The monoisotopic (exact) mass is 270 g/mol. The van der Waals surface area contributed by atoms with E-state index in [2.05, 4.69) is 16.3 Å². The summed E-state index contributed by atoms with van der Waals surface area (Å²) in [7, 11) is -3.74. The highest BCUT2D eigenvalue weighted by atomic mass is 32.3. The Labute approximate surface area is 108 Å². The quantitative estimate of drug-likeness (QED) is 0.771. The van der Waals surface area contributed by atoms with Gasteiger partial charge in [0.25, 0.3) is 0 Å². The Morgan fingerprint density at radius 2 is 1.94 bits per heavy atom. The standard InChI is InChI=1S/C13H18O4S/c1-13(11-16-18(14,15)17-13)10-6-5-9-12-7-3-2-4-8-12/h2-4,7-8H,5-6,9-11H2,1H3. The van der Waals surface area contributed by atoms with Gasteiger partial charge in [0.2, 0.25) is 0 Å². The van der Waals surface area contributed by atoms with Gasteiger partial charge in [0.05, 0.1) is 6.61 Å². The zero-order chi connectivity index (χ0) is 13.1. The largest absolute Gasteiger partial charge is 0.400 e. The maximum absolute atomic E-state index is 11.1. The van der Waals surface area contributed by atoms with Crippen LogP contribution in [0.3, 0.4) is 0 Å². The van der Waals surface area contributed by atoms with E-state index in [-0.39, 0.29) is 6.61 Å². The van der Waals surface area contributed by atoms with Gasteiger partial charge in [0.1, 0.15) is 5.60 Å². The molecule has 100 valence electrons. The van der Waals surface area contributed by atoms with E-state index in [4.69, 9.17) is 4.18 Å². The van der Waals surface area contributed by atoms with Gasteiger partial charge in [-0.15, -0.1) is 0 Å². The van der Waals surface area contributed by atoms with Crippen molar-refractivity contribution in [1.82, 2.24) is 0 Å². The molecule has 1 aromatic carbocycles. The van der Waals surface area contributed by atoms with E-state index in [1.807, 2.05) is 18.2 Å². The van der Waals surface area contributed by atoms with Crippen LogP contribution in [-0.2, 0) is 25.2 Å². The number of unbranched alkanes of at least 4 members (excludes halogenated alkanes) is 1. The molecule has 5 heteroatoms. The van der Waals surface area contributed by atoms with E-state index in [9.17, 15) is 8.42 Å². The molecule has 4 nitrogen and oxygen atoms in total. The molecule has 1 aliphatic heterocycles. The van der Waals surface area contributed by atoms with Crippen LogP contribution in [0.2, 0.25) is 0 Å². The predicted octanol–water partition coefficient (Wildman–Crippen LogP) is 2.45. The number of rotatable bonds is 5. The first-order valence-corrected chi connectivity index (χ1v) is 7.46. The summed E-state index contributed by atoms with van der Waals surface area (Å²) < 4.78 is 31.7. The second kappa shape index (κ2) is 5.38. The van der Waals surface area contributed by atoms with Gasteiger partial charge in [0.15, 0.2) is 0 Å². The normalized spacial score (nSPS) is 26.3.